The van der Waals surface area contributed by atoms with Crippen LogP contribution in [-0.2, 0) is 0 Å². The lowest BCUT2D eigenvalue weighted by Gasteiger charge is -1.99. The molecule has 5 nitrogen and oxygen atoms in total. The molecule has 0 bridgehead atoms. The Balaban J connectivity index is 2.94. The molecule has 7 heteroatoms. The van der Waals surface area contributed by atoms with Crippen molar-refractivity contribution in [3.8, 4) is 11.8 Å². The highest BCUT2D eigenvalue weighted by Crippen LogP contribution is 2.14. The molecule has 0 spiro atoms. The molecule has 92 valence electrons. The van der Waals surface area contributed by atoms with Gasteiger partial charge in [-0.1, -0.05) is 17.0 Å². The van der Waals surface area contributed by atoms with E-state index >= 15 is 0 Å². The second-order valence-corrected chi connectivity index (χ2v) is 3.12. The minimum Gasteiger partial charge on any atom is -0.478 e. The maximum Gasteiger partial charge on any atom is 0.338 e. The van der Waals surface area contributed by atoms with Gasteiger partial charge in [0, 0.05) is 17.9 Å². The molecule has 0 atom stereocenters. The molecule has 1 aromatic carbocycles. The predicted octanol–water partition coefficient (Wildman–Crippen LogP) is 2.71. The average molecular weight is 251 g/mol. The van der Waals surface area contributed by atoms with Gasteiger partial charge in [-0.2, -0.15) is 0 Å². The zero-order chi connectivity index (χ0) is 13.5. The topological polar surface area (TPSA) is 86.1 Å². The molecular formula is C11H7F2N3O2. The molecule has 0 radical (unpaired) electrons. The van der Waals surface area contributed by atoms with Gasteiger partial charge in [-0.15, -0.1) is 0 Å². The van der Waals surface area contributed by atoms with Crippen molar-refractivity contribution in [1.29, 1.82) is 0 Å². The number of azide groups is 1. The van der Waals surface area contributed by atoms with Crippen molar-refractivity contribution in [2.24, 2.45) is 5.11 Å². The smallest absolute Gasteiger partial charge is 0.338 e. The van der Waals surface area contributed by atoms with E-state index in [9.17, 15) is 13.6 Å². The van der Waals surface area contributed by atoms with Crippen molar-refractivity contribution in [3.05, 3.63) is 45.3 Å². The Hall–Kier alpha value is -2.58. The van der Waals surface area contributed by atoms with Crippen molar-refractivity contribution in [3.63, 3.8) is 0 Å². The average Bonchev–Trinajstić information content (AvgIpc) is 2.32. The van der Waals surface area contributed by atoms with Gasteiger partial charge in [0.05, 0.1) is 11.1 Å². The van der Waals surface area contributed by atoms with Crippen LogP contribution in [0.15, 0.2) is 17.2 Å². The Bertz CT molecular complexity index is 584. The molecule has 0 aliphatic carbocycles. The summed E-state index contributed by atoms with van der Waals surface area (Å²) in [5, 5.41) is 11.8. The van der Waals surface area contributed by atoms with Gasteiger partial charge in [0.1, 0.15) is 11.6 Å². The fourth-order valence-corrected chi connectivity index (χ4v) is 1.11. The number of aromatic carboxylic acids is 1. The van der Waals surface area contributed by atoms with Gasteiger partial charge >= 0.3 is 5.97 Å². The van der Waals surface area contributed by atoms with E-state index in [0.29, 0.717) is 6.07 Å². The Kier molecular flexibility index (Phi) is 4.67. The van der Waals surface area contributed by atoms with Crippen LogP contribution in [0.5, 0.6) is 0 Å². The number of benzene rings is 1. The number of halogens is 2. The maximum atomic E-state index is 13.4. The van der Waals surface area contributed by atoms with Crippen LogP contribution < -0.4 is 0 Å². The van der Waals surface area contributed by atoms with Crippen molar-refractivity contribution < 1.29 is 18.7 Å². The second-order valence-electron chi connectivity index (χ2n) is 3.12. The molecule has 0 aliphatic heterocycles. The Morgan fingerprint density at radius 2 is 2.17 bits per heavy atom. The van der Waals surface area contributed by atoms with E-state index in [1.165, 1.54) is 0 Å². The van der Waals surface area contributed by atoms with Crippen LogP contribution >= 0.6 is 0 Å². The molecule has 0 saturated carbocycles. The number of carboxylic acids is 1. The minimum absolute atomic E-state index is 0.126. The van der Waals surface area contributed by atoms with Crippen LogP contribution in [0.4, 0.5) is 8.78 Å². The number of rotatable bonds is 3. The van der Waals surface area contributed by atoms with E-state index in [1.54, 1.807) is 0 Å². The molecule has 1 N–H and O–H groups in total. The molecule has 0 heterocycles. The van der Waals surface area contributed by atoms with Crippen LogP contribution in [0.25, 0.3) is 10.4 Å². The first-order valence-electron chi connectivity index (χ1n) is 4.78. The van der Waals surface area contributed by atoms with Gasteiger partial charge in [-0.3, -0.25) is 0 Å². The van der Waals surface area contributed by atoms with Crippen molar-refractivity contribution in [1.82, 2.24) is 0 Å². The fourth-order valence-electron chi connectivity index (χ4n) is 1.11. The summed E-state index contributed by atoms with van der Waals surface area (Å²) < 4.78 is 26.6. The number of hydrogen-bond donors (Lipinski definition) is 1. The third-order valence-corrected chi connectivity index (χ3v) is 1.91. The summed E-state index contributed by atoms with van der Waals surface area (Å²) in [5.41, 5.74) is 7.01. The molecule has 1 aromatic rings. The monoisotopic (exact) mass is 251 g/mol. The SMILES string of the molecule is [N-]=[N+]=NCCC#Cc1cc(F)c(C(=O)O)cc1F. The van der Waals surface area contributed by atoms with Crippen LogP contribution in [0, 0.1) is 23.5 Å². The van der Waals surface area contributed by atoms with Gasteiger partial charge in [0.15, 0.2) is 0 Å². The lowest BCUT2D eigenvalue weighted by molar-refractivity contribution is 0.0691. The molecule has 0 amide bonds. The first-order valence-corrected chi connectivity index (χ1v) is 4.78. The van der Waals surface area contributed by atoms with Gasteiger partial charge in [-0.05, 0) is 17.7 Å². The summed E-state index contributed by atoms with van der Waals surface area (Å²) in [5.74, 6) is 1.31. The molecule has 18 heavy (non-hydrogen) atoms. The van der Waals surface area contributed by atoms with Crippen molar-refractivity contribution >= 4 is 5.97 Å². The maximum absolute atomic E-state index is 13.4. The van der Waals surface area contributed by atoms with Crippen LogP contribution in [-0.4, -0.2) is 17.6 Å². The Morgan fingerprint density at radius 3 is 2.78 bits per heavy atom. The third-order valence-electron chi connectivity index (χ3n) is 1.91. The van der Waals surface area contributed by atoms with Gasteiger partial charge < -0.3 is 5.11 Å². The second kappa shape index (κ2) is 6.23. The third kappa shape index (κ3) is 3.47. The summed E-state index contributed by atoms with van der Waals surface area (Å²) in [6, 6.07) is 1.30. The number of nitrogens with zero attached hydrogens (tertiary/aromatic N) is 3. The summed E-state index contributed by atoms with van der Waals surface area (Å²) in [4.78, 5) is 13.0. The lowest BCUT2D eigenvalue weighted by atomic mass is 10.1. The molecule has 0 aromatic heterocycles. The van der Waals surface area contributed by atoms with Gasteiger partial charge in [-0.25, -0.2) is 13.6 Å². The van der Waals surface area contributed by atoms with Crippen LogP contribution in [0.2, 0.25) is 0 Å². The molecule has 1 rings (SSSR count). The summed E-state index contributed by atoms with van der Waals surface area (Å²) >= 11 is 0. The quantitative estimate of drug-likeness (QED) is 0.294. The Labute approximate surface area is 101 Å². The first kappa shape index (κ1) is 13.5. The van der Waals surface area contributed by atoms with E-state index in [4.69, 9.17) is 10.6 Å². The zero-order valence-corrected chi connectivity index (χ0v) is 9.02. The Morgan fingerprint density at radius 1 is 1.44 bits per heavy atom. The fraction of sp³-hybridized carbons (Fsp3) is 0.182. The summed E-state index contributed by atoms with van der Waals surface area (Å²) in [7, 11) is 0. The summed E-state index contributed by atoms with van der Waals surface area (Å²) in [6.07, 6.45) is 0.200. The molecule has 0 unspecified atom stereocenters. The standard InChI is InChI=1S/C11H7F2N3O2/c12-9-6-8(11(17)18)10(13)5-7(9)3-1-2-4-15-16-14/h5-6H,2,4H2,(H,17,18). The van der Waals surface area contributed by atoms with E-state index in [0.717, 1.165) is 6.07 Å². The highest BCUT2D eigenvalue weighted by molar-refractivity contribution is 5.88. The summed E-state index contributed by atoms with van der Waals surface area (Å²) in [6.45, 7) is 0.126. The highest BCUT2D eigenvalue weighted by atomic mass is 19.1. The number of carbonyl (C=O) groups is 1. The normalized spacial score (nSPS) is 9.00. The van der Waals surface area contributed by atoms with Crippen molar-refractivity contribution in [2.75, 3.05) is 6.54 Å². The van der Waals surface area contributed by atoms with E-state index in [1.807, 2.05) is 0 Å². The molecule has 0 saturated heterocycles. The number of carboxylic acid groups (broad SMARTS) is 1. The predicted molar refractivity (Wildman–Crippen MR) is 58.8 cm³/mol. The van der Waals surface area contributed by atoms with Crippen LogP contribution in [0.1, 0.15) is 22.3 Å². The molecule has 0 fully saturated rings. The highest BCUT2D eigenvalue weighted by Gasteiger charge is 2.13. The van der Waals surface area contributed by atoms with E-state index in [2.05, 4.69) is 21.9 Å². The zero-order valence-electron chi connectivity index (χ0n) is 9.02. The lowest BCUT2D eigenvalue weighted by Crippen LogP contribution is -2.02. The van der Waals surface area contributed by atoms with E-state index < -0.39 is 23.2 Å². The first-order chi connectivity index (χ1) is 8.56. The van der Waals surface area contributed by atoms with Crippen LogP contribution in [0.3, 0.4) is 0 Å². The van der Waals surface area contributed by atoms with Gasteiger partial charge in [0.2, 0.25) is 0 Å². The minimum atomic E-state index is -1.55. The van der Waals surface area contributed by atoms with Crippen molar-refractivity contribution in [2.45, 2.75) is 6.42 Å². The molecular weight excluding hydrogens is 244 g/mol. The van der Waals surface area contributed by atoms with E-state index in [-0.39, 0.29) is 18.5 Å². The number of hydrogen-bond acceptors (Lipinski definition) is 2. The largest absolute Gasteiger partial charge is 0.478 e. The van der Waals surface area contributed by atoms with Gasteiger partial charge in [0.25, 0.3) is 0 Å². The molecule has 0 aliphatic rings.